The summed E-state index contributed by atoms with van der Waals surface area (Å²) in [5.41, 5.74) is 4.08. The van der Waals surface area contributed by atoms with Crippen molar-refractivity contribution in [2.75, 3.05) is 83.5 Å². The lowest BCUT2D eigenvalue weighted by Crippen LogP contribution is -2.74. The third-order valence-corrected chi connectivity index (χ3v) is 17.5. The van der Waals surface area contributed by atoms with Gasteiger partial charge in [-0.1, -0.05) is 84.3 Å². The van der Waals surface area contributed by atoms with E-state index in [-0.39, 0.29) is 68.1 Å². The molecule has 3 aliphatic heterocycles. The summed E-state index contributed by atoms with van der Waals surface area (Å²) < 4.78 is 6.39. The van der Waals surface area contributed by atoms with Gasteiger partial charge in [0.05, 0.1) is 63.6 Å². The number of nitriles is 1. The monoisotopic (exact) mass is 1090 g/mol. The number of carbonyl (C=O) groups is 4. The highest BCUT2D eigenvalue weighted by Crippen LogP contribution is 2.55. The van der Waals surface area contributed by atoms with Crippen molar-refractivity contribution in [3.63, 3.8) is 0 Å². The molecule has 3 saturated heterocycles. The van der Waals surface area contributed by atoms with E-state index in [9.17, 15) is 34.7 Å². The molecule has 1 saturated carbocycles. The maximum atomic E-state index is 14.3. The first kappa shape index (κ1) is 57.5. The molecule has 20 heteroatoms. The molecule has 4 fully saturated rings. The van der Waals surface area contributed by atoms with Gasteiger partial charge in [0.25, 0.3) is 5.91 Å². The number of hydrogen-bond acceptors (Lipinski definition) is 15. The summed E-state index contributed by atoms with van der Waals surface area (Å²) in [7, 11) is 0. The maximum absolute atomic E-state index is 14.3. The number of pyridine rings is 1. The van der Waals surface area contributed by atoms with Crippen LogP contribution in [0.2, 0.25) is 5.02 Å². The summed E-state index contributed by atoms with van der Waals surface area (Å²) in [4.78, 5) is 75.9. The zero-order chi connectivity index (χ0) is 55.6. The van der Waals surface area contributed by atoms with Crippen molar-refractivity contribution < 1.29 is 34.1 Å². The lowest BCUT2D eigenvalue weighted by Gasteiger charge is -2.63. The number of nitrogens with one attached hydrogen (secondary N) is 3. The molecule has 4 aliphatic rings. The second kappa shape index (κ2) is 23.7. The van der Waals surface area contributed by atoms with Crippen molar-refractivity contribution in [2.24, 2.45) is 16.2 Å². The summed E-state index contributed by atoms with van der Waals surface area (Å²) >= 11 is 7.85. The van der Waals surface area contributed by atoms with Gasteiger partial charge in [-0.15, -0.1) is 11.3 Å². The predicted molar refractivity (Wildman–Crippen MR) is 298 cm³/mol. The highest BCUT2D eigenvalue weighted by Gasteiger charge is 2.64. The molecule has 0 bridgehead atoms. The Hall–Kier alpha value is -5.72. The van der Waals surface area contributed by atoms with E-state index in [4.69, 9.17) is 21.3 Å². The number of nitrogens with zero attached hydrogens (tertiary/aromatic N) is 8. The Bertz CT molecular complexity index is 2770. The second-order valence-electron chi connectivity index (χ2n) is 23.5. The van der Waals surface area contributed by atoms with E-state index in [0.717, 1.165) is 60.2 Å². The Morgan fingerprint density at radius 3 is 2.23 bits per heavy atom. The number of hydrogen-bond donors (Lipinski definition) is 5. The lowest BCUT2D eigenvalue weighted by atomic mass is 9.49. The Balaban J connectivity index is 0.765. The highest BCUT2D eigenvalue weighted by molar-refractivity contribution is 7.13. The average Bonchev–Trinajstić information content (AvgIpc) is 4.19. The molecule has 5 N–H and O–H groups in total. The number of thiazole rings is 1. The van der Waals surface area contributed by atoms with Crippen LogP contribution in [0.1, 0.15) is 95.0 Å². The Morgan fingerprint density at radius 2 is 1.62 bits per heavy atom. The number of likely N-dealkylation sites (tertiary alicyclic amines) is 1. The molecule has 77 heavy (non-hydrogen) atoms. The van der Waals surface area contributed by atoms with E-state index in [1.54, 1.807) is 41.8 Å². The number of amides is 4. The molecule has 2 aromatic heterocycles. The number of anilines is 1. The Kier molecular flexibility index (Phi) is 17.7. The van der Waals surface area contributed by atoms with Gasteiger partial charge in [-0.25, -0.2) is 9.97 Å². The van der Waals surface area contributed by atoms with Crippen LogP contribution in [0.25, 0.3) is 10.4 Å². The van der Waals surface area contributed by atoms with Gasteiger partial charge >= 0.3 is 0 Å². The number of carbonyl (C=O) groups excluding carboxylic acids is 4. The number of benzene rings is 2. The van der Waals surface area contributed by atoms with Crippen LogP contribution >= 0.6 is 22.9 Å². The van der Waals surface area contributed by atoms with Gasteiger partial charge in [0, 0.05) is 101 Å². The molecule has 5 atom stereocenters. The zero-order valence-electron chi connectivity index (χ0n) is 45.9. The van der Waals surface area contributed by atoms with Gasteiger partial charge in [-0.05, 0) is 54.7 Å². The van der Waals surface area contributed by atoms with Crippen LogP contribution in [-0.2, 0) is 14.4 Å². The number of piperazine rings is 2. The van der Waals surface area contributed by atoms with Crippen LogP contribution in [0.4, 0.5) is 5.82 Å². The lowest BCUT2D eigenvalue weighted by molar-refractivity contribution is -0.164. The molecule has 2 unspecified atom stereocenters. The van der Waals surface area contributed by atoms with Crippen LogP contribution in [0, 0.1) is 34.5 Å². The number of aryl methyl sites for hydroxylation is 1. The summed E-state index contributed by atoms with van der Waals surface area (Å²) in [6, 6.07) is 16.3. The fraction of sp³-hybridized carbons (Fsp3) is 0.561. The van der Waals surface area contributed by atoms with Gasteiger partial charge in [0.2, 0.25) is 17.7 Å². The molecule has 1 aliphatic carbocycles. The molecule has 414 valence electrons. The van der Waals surface area contributed by atoms with Gasteiger partial charge < -0.3 is 40.7 Å². The zero-order valence-corrected chi connectivity index (χ0v) is 47.5. The molecule has 0 spiro atoms. The van der Waals surface area contributed by atoms with Crippen LogP contribution in [0.3, 0.4) is 0 Å². The molecule has 0 radical (unpaired) electrons. The largest absolute Gasteiger partial charge is 0.489 e. The van der Waals surface area contributed by atoms with Gasteiger partial charge in [0.1, 0.15) is 35.8 Å². The first-order valence-corrected chi connectivity index (χ1v) is 28.0. The molecular formula is C57H76ClN11O7S. The molecule has 2 aromatic carbocycles. The van der Waals surface area contributed by atoms with E-state index < -0.39 is 40.3 Å². The molecule has 4 amide bonds. The van der Waals surface area contributed by atoms with Crippen LogP contribution in [0.15, 0.2) is 66.3 Å². The molecule has 8 rings (SSSR count). The average molecular weight is 1090 g/mol. The normalized spacial score (nSPS) is 23.5. The number of halogens is 1. The first-order valence-electron chi connectivity index (χ1n) is 26.7. The molecule has 18 nitrogen and oxygen atoms in total. The van der Waals surface area contributed by atoms with Crippen molar-refractivity contribution in [2.45, 2.75) is 111 Å². The number of aromatic nitrogens is 2. The van der Waals surface area contributed by atoms with Gasteiger partial charge in [-0.2, -0.15) is 5.26 Å². The molecular weight excluding hydrogens is 1020 g/mol. The van der Waals surface area contributed by atoms with Crippen molar-refractivity contribution in [3.8, 4) is 22.3 Å². The van der Waals surface area contributed by atoms with Crippen molar-refractivity contribution in [1.29, 1.82) is 5.26 Å². The number of β-amino-alcohol motifs (C(OH)–C–C–N with tert-alkyl or cyclic N) is 1. The third kappa shape index (κ3) is 12.9. The van der Waals surface area contributed by atoms with E-state index in [0.29, 0.717) is 48.1 Å². The minimum Gasteiger partial charge on any atom is -0.489 e. The van der Waals surface area contributed by atoms with E-state index in [2.05, 4.69) is 74.3 Å². The van der Waals surface area contributed by atoms with Crippen molar-refractivity contribution >= 4 is 52.4 Å². The first-order chi connectivity index (χ1) is 36.5. The summed E-state index contributed by atoms with van der Waals surface area (Å²) in [6.45, 7) is 24.4. The summed E-state index contributed by atoms with van der Waals surface area (Å²) in [5.74, 6) is 0.0700. The molecule has 5 heterocycles. The van der Waals surface area contributed by atoms with Crippen LogP contribution in [-0.4, -0.2) is 178 Å². The Morgan fingerprint density at radius 1 is 0.922 bits per heavy atom. The number of rotatable bonds is 17. The standard InChI is InChI=1S/C57H76ClN11O7S/c1-35(37-10-12-38(13-11-37)48-36(2)61-34-77-48)62-51(74)45-26-42(71)31-69(45)52(75)49(55(3,4)5)63-47(72)32-66-20-18-65(19-21-66)22-23-67-24-25-68(30-41(67)33-70)46-17-15-40(29-60-46)50(73)64-53-56(6,7)54(57(53,8)9)76-43-16-14-39(28-59)44(58)27-43/h10-17,27,29,34-35,41-42,45,49,53-54,70-71H,18-26,30-33H2,1-9H3,(H,62,74)(H,63,72)(H,64,73)/t35-,41?,42+,45-,49?,53?,54?/m0/s1. The minimum absolute atomic E-state index is 0.00101. The molecule has 4 aromatic rings. The van der Waals surface area contributed by atoms with Gasteiger partial charge in [0.15, 0.2) is 0 Å². The summed E-state index contributed by atoms with van der Waals surface area (Å²) in [6.07, 6.45) is 0.613. The quantitative estimate of drug-likeness (QED) is 0.0928. The topological polar surface area (TPSA) is 220 Å². The fourth-order valence-corrected chi connectivity index (χ4v) is 13.0. The van der Waals surface area contributed by atoms with Gasteiger partial charge in [-0.3, -0.25) is 33.9 Å². The third-order valence-electron chi connectivity index (χ3n) is 16.2. The van der Waals surface area contributed by atoms with E-state index in [1.807, 2.05) is 70.5 Å². The maximum Gasteiger partial charge on any atom is 0.253 e. The van der Waals surface area contributed by atoms with Crippen molar-refractivity contribution in [3.05, 3.63) is 93.7 Å². The smallest absolute Gasteiger partial charge is 0.253 e. The van der Waals surface area contributed by atoms with E-state index in [1.165, 1.54) is 4.90 Å². The summed E-state index contributed by atoms with van der Waals surface area (Å²) in [5, 5.41) is 40.2. The number of ether oxygens (including phenoxy) is 1. The fourth-order valence-electron chi connectivity index (χ4n) is 12.0. The Labute approximate surface area is 462 Å². The SMILES string of the molecule is Cc1ncsc1-c1ccc([C@H](C)NC(=O)[C@@H]2C[C@@H](O)CN2C(=O)C(NC(=O)CN2CCN(CCN3CCN(c4ccc(C(=O)NC5C(C)(C)C(Oc6ccc(C#N)c(Cl)c6)C5(C)C)cn4)CC3CO)CC2)C(C)(C)C)cc1. The highest BCUT2D eigenvalue weighted by atomic mass is 35.5. The van der Waals surface area contributed by atoms with E-state index >= 15 is 0 Å². The van der Waals surface area contributed by atoms with Crippen LogP contribution < -0.4 is 25.6 Å². The van der Waals surface area contributed by atoms with Crippen molar-refractivity contribution in [1.82, 2.24) is 45.5 Å². The predicted octanol–water partition coefficient (Wildman–Crippen LogP) is 5.12. The number of aliphatic hydroxyl groups is 2. The van der Waals surface area contributed by atoms with Crippen LogP contribution in [0.5, 0.6) is 5.75 Å². The second-order valence-corrected chi connectivity index (χ2v) is 24.8. The minimum atomic E-state index is -0.920. The number of aliphatic hydroxyl groups excluding tert-OH is 2.